The van der Waals surface area contributed by atoms with Crippen LogP contribution in [-0.4, -0.2) is 89.6 Å². The van der Waals surface area contributed by atoms with E-state index in [-0.39, 0.29) is 12.3 Å². The van der Waals surface area contributed by atoms with Crippen LogP contribution in [-0.2, 0) is 14.3 Å². The minimum absolute atomic E-state index is 0.112. The fourth-order valence-electron chi connectivity index (χ4n) is 5.63. The molecule has 1 unspecified atom stereocenters. The third-order valence-electron chi connectivity index (χ3n) is 7.54. The molecule has 9 nitrogen and oxygen atoms in total. The monoisotopic (exact) mass is 486 g/mol. The number of ether oxygens (including phenoxy) is 1. The minimum atomic E-state index is -0.428. The zero-order chi connectivity index (χ0) is 24.5. The lowest BCUT2D eigenvalue weighted by Gasteiger charge is -2.39. The standard InChI is InChI=1S/C26H42N6O3/c1-2-35-25(34)19-24(33)31-17-11-22(12-18-31)32-16-8-5-9-21(20-32)28-26-27-13-10-23(29-26)30-14-6-3-4-7-15-30/h10,13,21-22H,2-9,11-12,14-20H2,1H3,(H,27,28,29). The molecule has 0 spiro atoms. The maximum Gasteiger partial charge on any atom is 0.315 e. The number of amides is 1. The Balaban J connectivity index is 1.29. The minimum Gasteiger partial charge on any atom is -0.466 e. The number of piperidine rings is 1. The van der Waals surface area contributed by atoms with Gasteiger partial charge in [0.15, 0.2) is 0 Å². The molecule has 1 amide bonds. The Morgan fingerprint density at radius 2 is 1.74 bits per heavy atom. The van der Waals surface area contributed by atoms with Gasteiger partial charge < -0.3 is 19.9 Å². The highest BCUT2D eigenvalue weighted by Crippen LogP contribution is 2.23. The van der Waals surface area contributed by atoms with E-state index in [0.29, 0.717) is 31.8 Å². The van der Waals surface area contributed by atoms with Crippen molar-refractivity contribution in [1.29, 1.82) is 0 Å². The van der Waals surface area contributed by atoms with Crippen molar-refractivity contribution in [3.05, 3.63) is 12.3 Å². The van der Waals surface area contributed by atoms with Crippen molar-refractivity contribution in [2.45, 2.75) is 83.2 Å². The molecule has 1 aromatic rings. The Morgan fingerprint density at radius 3 is 2.49 bits per heavy atom. The van der Waals surface area contributed by atoms with Gasteiger partial charge in [0, 0.05) is 51.0 Å². The first-order valence-electron chi connectivity index (χ1n) is 13.6. The molecule has 35 heavy (non-hydrogen) atoms. The Labute approximate surface area is 209 Å². The molecule has 0 aliphatic carbocycles. The van der Waals surface area contributed by atoms with E-state index in [4.69, 9.17) is 9.72 Å². The molecule has 0 bridgehead atoms. The van der Waals surface area contributed by atoms with E-state index >= 15 is 0 Å². The van der Waals surface area contributed by atoms with E-state index in [1.54, 1.807) is 6.92 Å². The lowest BCUT2D eigenvalue weighted by Crippen LogP contribution is -2.49. The fraction of sp³-hybridized carbons (Fsp3) is 0.769. The largest absolute Gasteiger partial charge is 0.466 e. The van der Waals surface area contributed by atoms with Crippen LogP contribution in [0.4, 0.5) is 11.8 Å². The first kappa shape index (κ1) is 25.7. The molecule has 0 aromatic carbocycles. The van der Waals surface area contributed by atoms with Gasteiger partial charge >= 0.3 is 5.97 Å². The van der Waals surface area contributed by atoms with Gasteiger partial charge in [-0.05, 0) is 58.1 Å². The van der Waals surface area contributed by atoms with Crippen LogP contribution in [0.2, 0.25) is 0 Å². The number of carbonyl (C=O) groups excluding carboxylic acids is 2. The van der Waals surface area contributed by atoms with Crippen LogP contribution >= 0.6 is 0 Å². The van der Waals surface area contributed by atoms with Gasteiger partial charge in [0.1, 0.15) is 12.2 Å². The van der Waals surface area contributed by atoms with Crippen LogP contribution in [0.1, 0.15) is 71.1 Å². The Bertz CT molecular complexity index is 821. The van der Waals surface area contributed by atoms with Crippen LogP contribution in [0.3, 0.4) is 0 Å². The number of hydrogen-bond donors (Lipinski definition) is 1. The van der Waals surface area contributed by atoms with E-state index in [9.17, 15) is 9.59 Å². The summed E-state index contributed by atoms with van der Waals surface area (Å²) in [5.41, 5.74) is 0. The van der Waals surface area contributed by atoms with Crippen molar-refractivity contribution in [2.24, 2.45) is 0 Å². The van der Waals surface area contributed by atoms with Gasteiger partial charge in [-0.25, -0.2) is 4.98 Å². The molecule has 0 saturated carbocycles. The van der Waals surface area contributed by atoms with E-state index in [1.165, 1.54) is 38.5 Å². The van der Waals surface area contributed by atoms with E-state index in [1.807, 2.05) is 17.2 Å². The zero-order valence-corrected chi connectivity index (χ0v) is 21.3. The summed E-state index contributed by atoms with van der Waals surface area (Å²) in [6.07, 6.45) is 12.2. The van der Waals surface area contributed by atoms with E-state index in [2.05, 4.69) is 20.1 Å². The molecule has 1 aromatic heterocycles. The molecule has 1 N–H and O–H groups in total. The van der Waals surface area contributed by atoms with Gasteiger partial charge in [-0.3, -0.25) is 14.5 Å². The van der Waals surface area contributed by atoms with Gasteiger partial charge in [-0.2, -0.15) is 4.98 Å². The first-order valence-corrected chi connectivity index (χ1v) is 13.6. The summed E-state index contributed by atoms with van der Waals surface area (Å²) < 4.78 is 4.93. The lowest BCUT2D eigenvalue weighted by molar-refractivity contribution is -0.149. The molecule has 4 heterocycles. The van der Waals surface area contributed by atoms with Gasteiger partial charge in [0.05, 0.1) is 6.61 Å². The van der Waals surface area contributed by atoms with Gasteiger partial charge in [-0.15, -0.1) is 0 Å². The lowest BCUT2D eigenvalue weighted by atomic mass is 10.0. The Hall–Kier alpha value is -2.42. The average Bonchev–Trinajstić information content (AvgIpc) is 3.28. The van der Waals surface area contributed by atoms with Crippen molar-refractivity contribution in [3.8, 4) is 0 Å². The third-order valence-corrected chi connectivity index (χ3v) is 7.54. The van der Waals surface area contributed by atoms with Crippen LogP contribution in [0.15, 0.2) is 12.3 Å². The second-order valence-corrected chi connectivity index (χ2v) is 10.1. The summed E-state index contributed by atoms with van der Waals surface area (Å²) in [6.45, 7) is 7.70. The summed E-state index contributed by atoms with van der Waals surface area (Å²) in [5.74, 6) is 1.23. The smallest absolute Gasteiger partial charge is 0.315 e. The van der Waals surface area contributed by atoms with Gasteiger partial charge in [0.2, 0.25) is 11.9 Å². The SMILES string of the molecule is CCOC(=O)CC(=O)N1CCC(N2CCCCC(Nc3nccc(N4CCCCCC4)n3)C2)CC1. The first-order chi connectivity index (χ1) is 17.1. The number of carbonyl (C=O) groups is 2. The molecule has 3 fully saturated rings. The molecule has 9 heteroatoms. The second kappa shape index (κ2) is 13.0. The van der Waals surface area contributed by atoms with E-state index in [0.717, 1.165) is 57.2 Å². The van der Waals surface area contributed by atoms with E-state index < -0.39 is 5.97 Å². The molecule has 3 saturated heterocycles. The normalized spacial score (nSPS) is 22.8. The number of rotatable bonds is 7. The maximum atomic E-state index is 12.4. The van der Waals surface area contributed by atoms with Gasteiger partial charge in [-0.1, -0.05) is 19.3 Å². The van der Waals surface area contributed by atoms with Crippen LogP contribution in [0, 0.1) is 0 Å². The second-order valence-electron chi connectivity index (χ2n) is 10.1. The van der Waals surface area contributed by atoms with Crippen LogP contribution in [0.25, 0.3) is 0 Å². The Kier molecular flexibility index (Phi) is 9.57. The number of nitrogens with zero attached hydrogens (tertiary/aromatic N) is 5. The summed E-state index contributed by atoms with van der Waals surface area (Å²) in [6, 6.07) is 2.82. The molecule has 0 radical (unpaired) electrons. The van der Waals surface area contributed by atoms with Gasteiger partial charge in [0.25, 0.3) is 0 Å². The van der Waals surface area contributed by atoms with Crippen molar-refractivity contribution in [3.63, 3.8) is 0 Å². The fourth-order valence-corrected chi connectivity index (χ4v) is 5.63. The maximum absolute atomic E-state index is 12.4. The summed E-state index contributed by atoms with van der Waals surface area (Å²) in [5, 5.41) is 3.64. The molecule has 1 atom stereocenters. The molecule has 3 aliphatic heterocycles. The molecule has 3 aliphatic rings. The Morgan fingerprint density at radius 1 is 1.00 bits per heavy atom. The highest BCUT2D eigenvalue weighted by Gasteiger charge is 2.30. The molecular weight excluding hydrogens is 444 g/mol. The summed E-state index contributed by atoms with van der Waals surface area (Å²) in [4.78, 5) is 40.3. The third kappa shape index (κ3) is 7.53. The number of aromatic nitrogens is 2. The number of likely N-dealkylation sites (tertiary alicyclic amines) is 2. The molecule has 4 rings (SSSR count). The molecular formula is C26H42N6O3. The van der Waals surface area contributed by atoms with Crippen molar-refractivity contribution in [1.82, 2.24) is 19.8 Å². The number of hydrogen-bond acceptors (Lipinski definition) is 8. The number of anilines is 2. The highest BCUT2D eigenvalue weighted by molar-refractivity contribution is 5.94. The average molecular weight is 487 g/mol. The van der Waals surface area contributed by atoms with Crippen LogP contribution in [0.5, 0.6) is 0 Å². The van der Waals surface area contributed by atoms with Crippen molar-refractivity contribution >= 4 is 23.6 Å². The van der Waals surface area contributed by atoms with Crippen LogP contribution < -0.4 is 10.2 Å². The summed E-state index contributed by atoms with van der Waals surface area (Å²) in [7, 11) is 0. The number of nitrogens with one attached hydrogen (secondary N) is 1. The summed E-state index contributed by atoms with van der Waals surface area (Å²) >= 11 is 0. The van der Waals surface area contributed by atoms with Crippen molar-refractivity contribution in [2.75, 3.05) is 56.1 Å². The predicted octanol–water partition coefficient (Wildman–Crippen LogP) is 3.07. The zero-order valence-electron chi connectivity index (χ0n) is 21.3. The highest BCUT2D eigenvalue weighted by atomic mass is 16.5. The topological polar surface area (TPSA) is 90.9 Å². The quantitative estimate of drug-likeness (QED) is 0.465. The van der Waals surface area contributed by atoms with Crippen molar-refractivity contribution < 1.29 is 14.3 Å². The number of esters is 1. The predicted molar refractivity (Wildman–Crippen MR) is 136 cm³/mol. The molecule has 194 valence electrons.